The third-order valence-electron chi connectivity index (χ3n) is 2.66. The molecule has 54 valence electrons. The predicted octanol–water partition coefficient (Wildman–Crippen LogP) is 3.22. The fraction of sp³-hybridized carbons (Fsp3) is 1.00. The van der Waals surface area contributed by atoms with Crippen molar-refractivity contribution in [3.05, 3.63) is 0 Å². The first-order chi connectivity index (χ1) is 4.33. The van der Waals surface area contributed by atoms with Gasteiger partial charge in [0.05, 0.1) is 0 Å². The Labute approximate surface area is 58.7 Å². The second-order valence-corrected chi connectivity index (χ2v) is 3.55. The topological polar surface area (TPSA) is 0 Å². The third-order valence-corrected chi connectivity index (χ3v) is 2.66. The maximum Gasteiger partial charge on any atom is -0.0412 e. The molecule has 0 aromatic rings. The Balaban J connectivity index is 2.01. The Morgan fingerprint density at radius 2 is 2.11 bits per heavy atom. The zero-order valence-corrected chi connectivity index (χ0v) is 6.69. The van der Waals surface area contributed by atoms with Crippen LogP contribution in [-0.4, -0.2) is 0 Å². The normalized spacial score (nSPS) is 23.3. The summed E-state index contributed by atoms with van der Waals surface area (Å²) in [7, 11) is 0. The number of hydrogen-bond donors (Lipinski definition) is 0. The van der Waals surface area contributed by atoms with E-state index in [1.165, 1.54) is 32.1 Å². The maximum absolute atomic E-state index is 2.37. The van der Waals surface area contributed by atoms with Crippen LogP contribution in [0, 0.1) is 11.8 Å². The van der Waals surface area contributed by atoms with E-state index in [0.717, 1.165) is 11.8 Å². The van der Waals surface area contributed by atoms with Crippen molar-refractivity contribution >= 4 is 0 Å². The summed E-state index contributed by atoms with van der Waals surface area (Å²) < 4.78 is 0. The van der Waals surface area contributed by atoms with E-state index < -0.39 is 0 Å². The van der Waals surface area contributed by atoms with Crippen molar-refractivity contribution in [1.29, 1.82) is 0 Å². The molecule has 1 unspecified atom stereocenters. The first-order valence-corrected chi connectivity index (χ1v) is 4.33. The minimum Gasteiger partial charge on any atom is -0.0651 e. The highest BCUT2D eigenvalue weighted by molar-refractivity contribution is 4.71. The molecule has 1 aliphatic rings. The Bertz CT molecular complexity index is 69.4. The summed E-state index contributed by atoms with van der Waals surface area (Å²) in [5.74, 6) is 2.09. The first kappa shape index (κ1) is 7.11. The van der Waals surface area contributed by atoms with E-state index in [9.17, 15) is 0 Å². The molecule has 0 nitrogen and oxygen atoms in total. The maximum atomic E-state index is 2.37. The molecule has 9 heavy (non-hydrogen) atoms. The van der Waals surface area contributed by atoms with Crippen molar-refractivity contribution < 1.29 is 0 Å². The quantitative estimate of drug-likeness (QED) is 0.544. The van der Waals surface area contributed by atoms with Crippen LogP contribution in [0.1, 0.15) is 46.0 Å². The molecule has 1 fully saturated rings. The predicted molar refractivity (Wildman–Crippen MR) is 41.4 cm³/mol. The van der Waals surface area contributed by atoms with Crippen LogP contribution in [0.5, 0.6) is 0 Å². The molecule has 0 spiro atoms. The lowest BCUT2D eigenvalue weighted by Gasteiger charge is -2.27. The molecule has 0 aromatic heterocycles. The lowest BCUT2D eigenvalue weighted by molar-refractivity contribution is 0.254. The van der Waals surface area contributed by atoms with Gasteiger partial charge in [-0.2, -0.15) is 0 Å². The van der Waals surface area contributed by atoms with Gasteiger partial charge >= 0.3 is 0 Å². The van der Waals surface area contributed by atoms with Gasteiger partial charge in [0.1, 0.15) is 0 Å². The van der Waals surface area contributed by atoms with Gasteiger partial charge in [-0.1, -0.05) is 39.5 Å². The molecular formula is C9H18. The van der Waals surface area contributed by atoms with E-state index in [1.807, 2.05) is 0 Å². The average molecular weight is 126 g/mol. The van der Waals surface area contributed by atoms with Gasteiger partial charge in [-0.25, -0.2) is 0 Å². The fourth-order valence-corrected chi connectivity index (χ4v) is 1.46. The van der Waals surface area contributed by atoms with Crippen molar-refractivity contribution in [2.45, 2.75) is 46.0 Å². The summed E-state index contributed by atoms with van der Waals surface area (Å²) in [6.07, 6.45) is 7.41. The standard InChI is InChI=1S/C9H18/c1-3-8(2)7-9-5-4-6-9/h8-9H,3-7H2,1-2H3. The number of rotatable bonds is 3. The van der Waals surface area contributed by atoms with Crippen LogP contribution in [0.25, 0.3) is 0 Å². The smallest absolute Gasteiger partial charge is 0.0412 e. The highest BCUT2D eigenvalue weighted by atomic mass is 14.2. The van der Waals surface area contributed by atoms with Gasteiger partial charge in [0.15, 0.2) is 0 Å². The third kappa shape index (κ3) is 2.00. The van der Waals surface area contributed by atoms with Gasteiger partial charge in [0.25, 0.3) is 0 Å². The van der Waals surface area contributed by atoms with Gasteiger partial charge in [0, 0.05) is 0 Å². The van der Waals surface area contributed by atoms with E-state index in [4.69, 9.17) is 0 Å². The van der Waals surface area contributed by atoms with Crippen molar-refractivity contribution in [3.63, 3.8) is 0 Å². The Morgan fingerprint density at radius 1 is 1.44 bits per heavy atom. The van der Waals surface area contributed by atoms with Crippen LogP contribution in [-0.2, 0) is 0 Å². The van der Waals surface area contributed by atoms with Crippen LogP contribution >= 0.6 is 0 Å². The van der Waals surface area contributed by atoms with Crippen LogP contribution < -0.4 is 0 Å². The molecule has 0 bridgehead atoms. The van der Waals surface area contributed by atoms with E-state index in [2.05, 4.69) is 13.8 Å². The van der Waals surface area contributed by atoms with Gasteiger partial charge < -0.3 is 0 Å². The Hall–Kier alpha value is 0. The SMILES string of the molecule is CCC(C)CC1CCC1. The summed E-state index contributed by atoms with van der Waals surface area (Å²) in [5.41, 5.74) is 0. The lowest BCUT2D eigenvalue weighted by atomic mass is 9.79. The monoisotopic (exact) mass is 126 g/mol. The molecule has 0 saturated heterocycles. The molecule has 1 atom stereocenters. The van der Waals surface area contributed by atoms with Gasteiger partial charge in [-0.15, -0.1) is 0 Å². The van der Waals surface area contributed by atoms with E-state index in [1.54, 1.807) is 0 Å². The summed E-state index contributed by atoms with van der Waals surface area (Å²) >= 11 is 0. The Morgan fingerprint density at radius 3 is 2.44 bits per heavy atom. The van der Waals surface area contributed by atoms with E-state index >= 15 is 0 Å². The number of hydrogen-bond acceptors (Lipinski definition) is 0. The molecule has 0 aliphatic heterocycles. The summed E-state index contributed by atoms with van der Waals surface area (Å²) in [6, 6.07) is 0. The van der Waals surface area contributed by atoms with Crippen molar-refractivity contribution in [1.82, 2.24) is 0 Å². The fourth-order valence-electron chi connectivity index (χ4n) is 1.46. The van der Waals surface area contributed by atoms with E-state index in [0.29, 0.717) is 0 Å². The second kappa shape index (κ2) is 3.24. The van der Waals surface area contributed by atoms with Crippen LogP contribution in [0.15, 0.2) is 0 Å². The largest absolute Gasteiger partial charge is 0.0651 e. The zero-order valence-electron chi connectivity index (χ0n) is 6.69. The van der Waals surface area contributed by atoms with Gasteiger partial charge in [-0.3, -0.25) is 0 Å². The first-order valence-electron chi connectivity index (χ1n) is 4.33. The van der Waals surface area contributed by atoms with Crippen LogP contribution in [0.3, 0.4) is 0 Å². The van der Waals surface area contributed by atoms with Gasteiger partial charge in [0.2, 0.25) is 0 Å². The molecule has 0 N–H and O–H groups in total. The van der Waals surface area contributed by atoms with Crippen LogP contribution in [0.2, 0.25) is 0 Å². The molecule has 0 heteroatoms. The van der Waals surface area contributed by atoms with Crippen molar-refractivity contribution in [2.24, 2.45) is 11.8 Å². The molecule has 1 rings (SSSR count). The molecular weight excluding hydrogens is 108 g/mol. The molecule has 0 heterocycles. The second-order valence-electron chi connectivity index (χ2n) is 3.55. The summed E-state index contributed by atoms with van der Waals surface area (Å²) in [6.45, 7) is 4.67. The molecule has 1 aliphatic carbocycles. The summed E-state index contributed by atoms with van der Waals surface area (Å²) in [4.78, 5) is 0. The van der Waals surface area contributed by atoms with Gasteiger partial charge in [-0.05, 0) is 18.3 Å². The minimum atomic E-state index is 0.982. The summed E-state index contributed by atoms with van der Waals surface area (Å²) in [5, 5.41) is 0. The molecule has 1 saturated carbocycles. The van der Waals surface area contributed by atoms with E-state index in [-0.39, 0.29) is 0 Å². The van der Waals surface area contributed by atoms with Crippen molar-refractivity contribution in [2.75, 3.05) is 0 Å². The molecule has 0 radical (unpaired) electrons. The molecule has 0 amide bonds. The van der Waals surface area contributed by atoms with Crippen LogP contribution in [0.4, 0.5) is 0 Å². The highest BCUT2D eigenvalue weighted by Gasteiger charge is 2.18. The minimum absolute atomic E-state index is 0.982. The zero-order chi connectivity index (χ0) is 6.69. The Kier molecular flexibility index (Phi) is 2.56. The van der Waals surface area contributed by atoms with Crippen molar-refractivity contribution in [3.8, 4) is 0 Å². The highest BCUT2D eigenvalue weighted by Crippen LogP contribution is 2.32. The molecule has 0 aromatic carbocycles. The average Bonchev–Trinajstić information content (AvgIpc) is 1.78. The lowest BCUT2D eigenvalue weighted by Crippen LogP contribution is -2.13.